The van der Waals surface area contributed by atoms with Crippen LogP contribution in [0, 0.1) is 0 Å². The number of H-pyrrole nitrogens is 1. The largest absolute Gasteiger partial charge is 0.507 e. The molecular weight excluding hydrogens is 555 g/mol. The van der Waals surface area contributed by atoms with E-state index >= 15 is 0 Å². The Kier molecular flexibility index (Phi) is 7.65. The summed E-state index contributed by atoms with van der Waals surface area (Å²) in [5.41, 5.74) is 2.36. The van der Waals surface area contributed by atoms with Gasteiger partial charge in [0, 0.05) is 34.2 Å². The van der Waals surface area contributed by atoms with E-state index in [1.165, 1.54) is 29.2 Å². The van der Waals surface area contributed by atoms with Crippen molar-refractivity contribution in [2.24, 2.45) is 0 Å². The summed E-state index contributed by atoms with van der Waals surface area (Å²) in [6, 6.07) is 13.8. The average molecular weight is 581 g/mol. The van der Waals surface area contributed by atoms with Crippen molar-refractivity contribution in [3.05, 3.63) is 93.1 Å². The molecule has 1 aliphatic heterocycles. The first-order valence-corrected chi connectivity index (χ1v) is 13.3. The highest BCUT2D eigenvalue weighted by Gasteiger charge is 2.46. The third-order valence-electron chi connectivity index (χ3n) is 6.92. The molecule has 0 bridgehead atoms. The minimum atomic E-state index is -0.966. The number of benzene rings is 3. The maximum atomic E-state index is 13.4. The number of phenols is 1. The van der Waals surface area contributed by atoms with Crippen molar-refractivity contribution in [1.29, 1.82) is 0 Å². The van der Waals surface area contributed by atoms with Gasteiger partial charge in [-0.2, -0.15) is 0 Å². The van der Waals surface area contributed by atoms with Crippen LogP contribution < -0.4 is 9.47 Å². The molecule has 1 saturated heterocycles. The van der Waals surface area contributed by atoms with E-state index in [2.05, 4.69) is 4.98 Å². The lowest BCUT2D eigenvalue weighted by Gasteiger charge is -2.26. The van der Waals surface area contributed by atoms with Crippen molar-refractivity contribution in [1.82, 2.24) is 9.88 Å². The van der Waals surface area contributed by atoms with Crippen LogP contribution in [0.2, 0.25) is 10.0 Å². The Labute approximate surface area is 240 Å². The number of methoxy groups -OCH3 is 1. The number of nitrogens with zero attached hydrogens (tertiary/aromatic N) is 1. The first-order valence-electron chi connectivity index (χ1n) is 12.6. The van der Waals surface area contributed by atoms with E-state index in [9.17, 15) is 19.8 Å². The number of fused-ring (bicyclic) bond motifs is 1. The number of hydrogen-bond acceptors (Lipinski definition) is 6. The quantitative estimate of drug-likeness (QED) is 0.129. The van der Waals surface area contributed by atoms with Crippen LogP contribution in [0.1, 0.15) is 29.7 Å². The summed E-state index contributed by atoms with van der Waals surface area (Å²) >= 11 is 12.4. The molecule has 1 amide bonds. The summed E-state index contributed by atoms with van der Waals surface area (Å²) in [5.74, 6) is -1.23. The van der Waals surface area contributed by atoms with E-state index in [0.29, 0.717) is 29.4 Å². The van der Waals surface area contributed by atoms with Gasteiger partial charge in [0.2, 0.25) is 0 Å². The summed E-state index contributed by atoms with van der Waals surface area (Å²) in [6.07, 6.45) is 2.27. The molecule has 0 radical (unpaired) electrons. The van der Waals surface area contributed by atoms with Crippen LogP contribution in [0.4, 0.5) is 0 Å². The minimum absolute atomic E-state index is 0.0870. The zero-order valence-corrected chi connectivity index (χ0v) is 23.2. The van der Waals surface area contributed by atoms with Crippen LogP contribution in [0.15, 0.2) is 66.4 Å². The molecule has 1 unspecified atom stereocenters. The molecule has 0 saturated carbocycles. The van der Waals surface area contributed by atoms with Crippen LogP contribution in [-0.2, 0) is 16.0 Å². The molecule has 5 rings (SSSR count). The van der Waals surface area contributed by atoms with Crippen molar-refractivity contribution in [2.45, 2.75) is 19.4 Å². The number of halogens is 2. The fraction of sp³-hybridized carbons (Fsp3) is 0.200. The number of Topliss-reactive ketones (excluding diaryl/α,β-unsaturated/α-hetero) is 1. The van der Waals surface area contributed by atoms with Gasteiger partial charge in [-0.15, -0.1) is 0 Å². The number of aliphatic hydroxyl groups excluding tert-OH is 1. The molecule has 1 fully saturated rings. The van der Waals surface area contributed by atoms with E-state index in [-0.39, 0.29) is 34.2 Å². The zero-order valence-electron chi connectivity index (χ0n) is 21.7. The number of aromatic amines is 1. The summed E-state index contributed by atoms with van der Waals surface area (Å²) in [7, 11) is 1.59. The molecule has 1 aliphatic rings. The molecular formula is C30H26Cl2N2O6. The molecule has 4 aromatic rings. The van der Waals surface area contributed by atoms with E-state index in [1.54, 1.807) is 26.2 Å². The lowest BCUT2D eigenvalue weighted by Crippen LogP contribution is -2.31. The SMILES string of the molecule is CCOc1cc(C2/C(=C(/O)c3ccc(Cl)cc3Cl)C(=O)C(=O)N2CCc2c[nH]c3ccc(OC)cc23)ccc1O. The average Bonchev–Trinajstić information content (AvgIpc) is 3.45. The first-order chi connectivity index (χ1) is 19.2. The van der Waals surface area contributed by atoms with Gasteiger partial charge in [-0.05, 0) is 73.0 Å². The van der Waals surface area contributed by atoms with Crippen molar-refractivity contribution < 1.29 is 29.3 Å². The van der Waals surface area contributed by atoms with Gasteiger partial charge in [-0.3, -0.25) is 9.59 Å². The molecule has 1 atom stereocenters. The monoisotopic (exact) mass is 580 g/mol. The molecule has 0 spiro atoms. The molecule has 206 valence electrons. The highest BCUT2D eigenvalue weighted by atomic mass is 35.5. The Morgan fingerprint density at radius 1 is 1.07 bits per heavy atom. The number of phenolic OH excluding ortho intramolecular Hbond substituents is 1. The van der Waals surface area contributed by atoms with Gasteiger partial charge in [0.05, 0.1) is 30.4 Å². The van der Waals surface area contributed by atoms with Crippen LogP contribution in [0.5, 0.6) is 17.2 Å². The zero-order chi connectivity index (χ0) is 28.6. The number of likely N-dealkylation sites (tertiary alicyclic amines) is 1. The van der Waals surface area contributed by atoms with Gasteiger partial charge < -0.3 is 29.6 Å². The number of aliphatic hydroxyl groups is 1. The predicted molar refractivity (Wildman–Crippen MR) is 153 cm³/mol. The number of aromatic nitrogens is 1. The van der Waals surface area contributed by atoms with E-state index in [1.807, 2.05) is 24.4 Å². The summed E-state index contributed by atoms with van der Waals surface area (Å²) in [4.78, 5) is 31.5. The normalized spacial score (nSPS) is 16.6. The highest BCUT2D eigenvalue weighted by Crippen LogP contribution is 2.43. The Morgan fingerprint density at radius 3 is 2.60 bits per heavy atom. The van der Waals surface area contributed by atoms with Gasteiger partial charge in [-0.1, -0.05) is 29.3 Å². The molecule has 40 heavy (non-hydrogen) atoms. The van der Waals surface area contributed by atoms with Gasteiger partial charge in [0.1, 0.15) is 11.5 Å². The first kappa shape index (κ1) is 27.4. The maximum absolute atomic E-state index is 13.4. The molecule has 2 heterocycles. The number of carbonyl (C=O) groups excluding carboxylic acids is 2. The molecule has 3 N–H and O–H groups in total. The van der Waals surface area contributed by atoms with Crippen LogP contribution in [0.25, 0.3) is 16.7 Å². The topological polar surface area (TPSA) is 112 Å². The third-order valence-corrected chi connectivity index (χ3v) is 7.47. The van der Waals surface area contributed by atoms with Crippen molar-refractivity contribution in [2.75, 3.05) is 20.3 Å². The fourth-order valence-electron chi connectivity index (χ4n) is 4.99. The van der Waals surface area contributed by atoms with Gasteiger partial charge >= 0.3 is 0 Å². The second-order valence-electron chi connectivity index (χ2n) is 9.25. The van der Waals surface area contributed by atoms with Crippen LogP contribution in [-0.4, -0.2) is 52.0 Å². The smallest absolute Gasteiger partial charge is 0.295 e. The molecule has 3 aromatic carbocycles. The number of amides is 1. The van der Waals surface area contributed by atoms with E-state index < -0.39 is 23.5 Å². The standard InChI is InChI=1S/C30H26Cl2N2O6/c1-3-40-25-12-16(4-9-24(25)35)27-26(28(36)20-7-5-18(31)13-22(20)32)29(37)30(38)34(27)11-10-17-15-33-23-8-6-19(39-2)14-21(17)23/h4-9,12-15,27,33,35-36H,3,10-11H2,1-2H3/b28-26-. The number of carbonyl (C=O) groups is 2. The summed E-state index contributed by atoms with van der Waals surface area (Å²) < 4.78 is 10.9. The van der Waals surface area contributed by atoms with Gasteiger partial charge in [-0.25, -0.2) is 0 Å². The number of nitrogens with one attached hydrogen (secondary N) is 1. The summed E-state index contributed by atoms with van der Waals surface area (Å²) in [6.45, 7) is 2.23. The molecule has 1 aromatic heterocycles. The van der Waals surface area contributed by atoms with E-state index in [0.717, 1.165) is 16.5 Å². The fourth-order valence-corrected chi connectivity index (χ4v) is 5.49. The number of hydrogen-bond donors (Lipinski definition) is 3. The third kappa shape index (κ3) is 4.96. The van der Waals surface area contributed by atoms with Gasteiger partial charge in [0.25, 0.3) is 11.7 Å². The van der Waals surface area contributed by atoms with Crippen molar-refractivity contribution in [3.63, 3.8) is 0 Å². The molecule has 0 aliphatic carbocycles. The number of ketones is 1. The predicted octanol–water partition coefficient (Wildman–Crippen LogP) is 6.25. The van der Waals surface area contributed by atoms with Crippen LogP contribution >= 0.6 is 23.2 Å². The Morgan fingerprint density at radius 2 is 1.88 bits per heavy atom. The second kappa shape index (κ2) is 11.2. The van der Waals surface area contributed by atoms with Gasteiger partial charge in [0.15, 0.2) is 11.5 Å². The number of rotatable bonds is 8. The Balaban J connectivity index is 1.60. The van der Waals surface area contributed by atoms with E-state index in [4.69, 9.17) is 32.7 Å². The molecule has 10 heteroatoms. The Bertz CT molecular complexity index is 1660. The van der Waals surface area contributed by atoms with Crippen molar-refractivity contribution >= 4 is 51.6 Å². The second-order valence-corrected chi connectivity index (χ2v) is 10.1. The van der Waals surface area contributed by atoms with Crippen molar-refractivity contribution in [3.8, 4) is 17.2 Å². The number of aromatic hydroxyl groups is 1. The Hall–Kier alpha value is -4.14. The minimum Gasteiger partial charge on any atom is -0.507 e. The summed E-state index contributed by atoms with van der Waals surface area (Å²) in [5, 5.41) is 23.1. The highest BCUT2D eigenvalue weighted by molar-refractivity contribution is 6.47. The maximum Gasteiger partial charge on any atom is 0.295 e. The number of ether oxygens (including phenoxy) is 2. The lowest BCUT2D eigenvalue weighted by atomic mass is 9.94. The lowest BCUT2D eigenvalue weighted by molar-refractivity contribution is -0.139. The molecule has 8 nitrogen and oxygen atoms in total. The van der Waals surface area contributed by atoms with Crippen LogP contribution in [0.3, 0.4) is 0 Å².